The first kappa shape index (κ1) is 18.8. The van der Waals surface area contributed by atoms with Gasteiger partial charge in [-0.25, -0.2) is 0 Å². The summed E-state index contributed by atoms with van der Waals surface area (Å²) in [5.74, 6) is -3.94. The highest BCUT2D eigenvalue weighted by Gasteiger charge is 2.66. The van der Waals surface area contributed by atoms with Gasteiger partial charge < -0.3 is 10.2 Å². The highest BCUT2D eigenvalue weighted by Crippen LogP contribution is 2.50. The van der Waals surface area contributed by atoms with Crippen molar-refractivity contribution < 1.29 is 24.6 Å². The lowest BCUT2D eigenvalue weighted by Crippen LogP contribution is -2.53. The number of unbranched alkanes of at least 4 members (excludes halogenated alkanes) is 1. The first-order valence-electron chi connectivity index (χ1n) is 8.57. The maximum atomic E-state index is 13.0. The molecule has 3 rings (SSSR count). The second-order valence-electron chi connectivity index (χ2n) is 7.02. The zero-order valence-electron chi connectivity index (χ0n) is 14.5. The van der Waals surface area contributed by atoms with Crippen molar-refractivity contribution in [2.45, 2.75) is 38.3 Å². The van der Waals surface area contributed by atoms with Crippen LogP contribution in [0.1, 0.15) is 38.3 Å². The van der Waals surface area contributed by atoms with E-state index in [0.717, 1.165) is 6.42 Å². The van der Waals surface area contributed by atoms with E-state index in [0.29, 0.717) is 16.5 Å². The summed E-state index contributed by atoms with van der Waals surface area (Å²) >= 11 is 3.33. The van der Waals surface area contributed by atoms with E-state index >= 15 is 0 Å². The van der Waals surface area contributed by atoms with Crippen molar-refractivity contribution in [3.05, 3.63) is 28.2 Å². The summed E-state index contributed by atoms with van der Waals surface area (Å²) in [6, 6.07) is 4.01. The molecule has 0 unspecified atom stereocenters. The van der Waals surface area contributed by atoms with Gasteiger partial charge in [0.25, 0.3) is 0 Å². The predicted molar refractivity (Wildman–Crippen MR) is 96.3 cm³/mol. The van der Waals surface area contributed by atoms with Crippen LogP contribution in [0.4, 0.5) is 0 Å². The van der Waals surface area contributed by atoms with Gasteiger partial charge in [0.15, 0.2) is 0 Å². The average Bonchev–Trinajstić information content (AvgIpc) is 3.03. The minimum absolute atomic E-state index is 0.0497. The van der Waals surface area contributed by atoms with Crippen molar-refractivity contribution in [1.29, 1.82) is 0 Å². The third kappa shape index (κ3) is 2.72. The second kappa shape index (κ2) is 6.66. The summed E-state index contributed by atoms with van der Waals surface area (Å²) in [5.41, 5.74) is -1.18. The molecule has 0 radical (unpaired) electrons. The van der Waals surface area contributed by atoms with Gasteiger partial charge in [-0.15, -0.1) is 0 Å². The topological polar surface area (TPSA) is 107 Å². The van der Waals surface area contributed by atoms with Crippen molar-refractivity contribution in [3.63, 3.8) is 0 Å². The Hall–Kier alpha value is -1.93. The molecule has 2 aliphatic rings. The Morgan fingerprint density at radius 3 is 2.65 bits per heavy atom. The van der Waals surface area contributed by atoms with Crippen molar-refractivity contribution in [1.82, 2.24) is 10.2 Å². The van der Waals surface area contributed by atoms with Gasteiger partial charge in [-0.05, 0) is 31.5 Å². The molecule has 0 saturated carbocycles. The van der Waals surface area contributed by atoms with Crippen molar-refractivity contribution >= 4 is 33.7 Å². The van der Waals surface area contributed by atoms with E-state index in [4.69, 9.17) is 0 Å². The van der Waals surface area contributed by atoms with Crippen LogP contribution in [0.25, 0.3) is 0 Å². The molecule has 3 N–H and O–H groups in total. The normalized spacial score (nSPS) is 30.7. The van der Waals surface area contributed by atoms with Crippen LogP contribution in [0.5, 0.6) is 5.75 Å². The summed E-state index contributed by atoms with van der Waals surface area (Å²) in [7, 11) is 0. The number of hydrogen-bond acceptors (Lipinski definition) is 5. The van der Waals surface area contributed by atoms with Crippen LogP contribution in [0.3, 0.4) is 0 Å². The van der Waals surface area contributed by atoms with Gasteiger partial charge in [0.05, 0.1) is 11.8 Å². The average molecular weight is 425 g/mol. The van der Waals surface area contributed by atoms with Crippen LogP contribution in [-0.4, -0.2) is 45.0 Å². The first-order chi connectivity index (χ1) is 12.2. The number of nitrogens with zero attached hydrogens (tertiary/aromatic N) is 1. The lowest BCUT2D eigenvalue weighted by atomic mass is 9.80. The van der Waals surface area contributed by atoms with Gasteiger partial charge in [0.2, 0.25) is 11.8 Å². The van der Waals surface area contributed by atoms with Crippen molar-refractivity contribution in [3.8, 4) is 5.75 Å². The highest BCUT2D eigenvalue weighted by molar-refractivity contribution is 9.10. The number of nitrogens with one attached hydrogen (secondary N) is 1. The number of halogens is 1. The smallest absolute Gasteiger partial charge is 0.324 e. The monoisotopic (exact) mass is 424 g/mol. The van der Waals surface area contributed by atoms with E-state index in [1.54, 1.807) is 12.1 Å². The fourth-order valence-electron chi connectivity index (χ4n) is 3.97. The molecule has 2 amide bonds. The SMILES string of the molecule is CCCCN1C(=O)[C@@H]2[C@@H](c3cc(Br)ccc3O)N[C@@](C)(C(=O)O)[C@@H]2C1=O. The summed E-state index contributed by atoms with van der Waals surface area (Å²) in [5, 5.41) is 23.0. The molecule has 4 atom stereocenters. The Bertz CT molecular complexity index is 783. The zero-order chi connectivity index (χ0) is 19.2. The Morgan fingerprint density at radius 2 is 2.04 bits per heavy atom. The number of fused-ring (bicyclic) bond motifs is 1. The molecule has 26 heavy (non-hydrogen) atoms. The number of carboxylic acid groups (broad SMARTS) is 1. The van der Waals surface area contributed by atoms with E-state index in [1.807, 2.05) is 6.92 Å². The van der Waals surface area contributed by atoms with Gasteiger partial charge in [0.1, 0.15) is 11.3 Å². The van der Waals surface area contributed by atoms with E-state index in [1.165, 1.54) is 17.9 Å². The fraction of sp³-hybridized carbons (Fsp3) is 0.500. The van der Waals surface area contributed by atoms with Crippen molar-refractivity contribution in [2.75, 3.05) is 6.54 Å². The molecule has 0 aliphatic carbocycles. The third-order valence-corrected chi connectivity index (χ3v) is 5.88. The van der Waals surface area contributed by atoms with Gasteiger partial charge in [-0.3, -0.25) is 24.6 Å². The molecule has 140 valence electrons. The fourth-order valence-corrected chi connectivity index (χ4v) is 4.35. The molecule has 7 nitrogen and oxygen atoms in total. The van der Waals surface area contributed by atoms with Gasteiger partial charge >= 0.3 is 5.97 Å². The molecule has 2 saturated heterocycles. The molecular weight excluding hydrogens is 404 g/mol. The van der Waals surface area contributed by atoms with Crippen LogP contribution in [-0.2, 0) is 14.4 Å². The lowest BCUT2D eigenvalue weighted by molar-refractivity contribution is -0.150. The summed E-state index contributed by atoms with van der Waals surface area (Å²) in [4.78, 5) is 39.0. The quantitative estimate of drug-likeness (QED) is 0.624. The summed E-state index contributed by atoms with van der Waals surface area (Å²) < 4.78 is 0.687. The highest BCUT2D eigenvalue weighted by atomic mass is 79.9. The largest absolute Gasteiger partial charge is 0.508 e. The number of rotatable bonds is 5. The second-order valence-corrected chi connectivity index (χ2v) is 7.93. The minimum Gasteiger partial charge on any atom is -0.508 e. The Kier molecular flexibility index (Phi) is 4.83. The van der Waals surface area contributed by atoms with E-state index < -0.39 is 35.3 Å². The number of aromatic hydroxyl groups is 1. The molecule has 2 fully saturated rings. The molecule has 1 aromatic rings. The lowest BCUT2D eigenvalue weighted by Gasteiger charge is -2.27. The van der Waals surface area contributed by atoms with Gasteiger partial charge in [-0.2, -0.15) is 0 Å². The Morgan fingerprint density at radius 1 is 1.35 bits per heavy atom. The number of hydrogen-bond donors (Lipinski definition) is 3. The van der Waals surface area contributed by atoms with Crippen LogP contribution < -0.4 is 5.32 Å². The Labute approximate surface area is 159 Å². The van der Waals surface area contributed by atoms with Crippen LogP contribution in [0, 0.1) is 11.8 Å². The minimum atomic E-state index is -1.59. The van der Waals surface area contributed by atoms with E-state index in [-0.39, 0.29) is 18.2 Å². The number of benzene rings is 1. The van der Waals surface area contributed by atoms with Crippen LogP contribution in [0.15, 0.2) is 22.7 Å². The van der Waals surface area contributed by atoms with E-state index in [2.05, 4.69) is 21.2 Å². The molecule has 0 bridgehead atoms. The number of carbonyl (C=O) groups excluding carboxylic acids is 2. The van der Waals surface area contributed by atoms with Gasteiger partial charge in [-0.1, -0.05) is 29.3 Å². The number of phenolic OH excluding ortho intramolecular Hbond substituents is 1. The van der Waals surface area contributed by atoms with E-state index in [9.17, 15) is 24.6 Å². The zero-order valence-corrected chi connectivity index (χ0v) is 16.1. The molecule has 1 aromatic carbocycles. The molecule has 0 spiro atoms. The van der Waals surface area contributed by atoms with Crippen molar-refractivity contribution in [2.24, 2.45) is 11.8 Å². The Balaban J connectivity index is 2.08. The molecule has 0 aromatic heterocycles. The van der Waals surface area contributed by atoms with Gasteiger partial charge in [0, 0.05) is 22.6 Å². The number of likely N-dealkylation sites (tertiary alicyclic amines) is 1. The number of imide groups is 1. The molecule has 2 heterocycles. The summed E-state index contributed by atoms with van der Waals surface area (Å²) in [6.45, 7) is 3.67. The first-order valence-corrected chi connectivity index (χ1v) is 9.36. The number of phenols is 1. The number of amides is 2. The predicted octanol–water partition coefficient (Wildman–Crippen LogP) is 2.04. The molecule has 2 aliphatic heterocycles. The molecule has 8 heteroatoms. The maximum Gasteiger partial charge on any atom is 0.324 e. The summed E-state index contributed by atoms with van der Waals surface area (Å²) in [6.07, 6.45) is 1.48. The standard InChI is InChI=1S/C18H21BrN2O5/c1-3-4-7-21-15(23)12-13(16(21)24)18(2,17(25)26)20-14(12)10-8-9(19)5-6-11(10)22/h5-6,8,12-14,20,22H,3-4,7H2,1-2H3,(H,25,26)/t12-,13-,14+,18+/m0/s1. The van der Waals surface area contributed by atoms with Crippen LogP contribution in [0.2, 0.25) is 0 Å². The maximum absolute atomic E-state index is 13.0. The third-order valence-electron chi connectivity index (χ3n) is 5.38. The number of carbonyl (C=O) groups is 3. The molecular formula is C18H21BrN2O5. The number of aliphatic carboxylic acids is 1. The van der Waals surface area contributed by atoms with Crippen LogP contribution >= 0.6 is 15.9 Å². The number of carboxylic acids is 1.